The molecule has 0 saturated carbocycles. The lowest BCUT2D eigenvalue weighted by Crippen LogP contribution is -2.33. The highest BCUT2D eigenvalue weighted by atomic mass is 32.2. The number of rotatable bonds is 2. The lowest BCUT2D eigenvalue weighted by atomic mass is 10.00. The molecule has 1 N–H and O–H groups in total. The summed E-state index contributed by atoms with van der Waals surface area (Å²) in [6.45, 7) is 3.18. The van der Waals surface area contributed by atoms with Gasteiger partial charge in [0.05, 0.1) is 12.0 Å². The van der Waals surface area contributed by atoms with E-state index < -0.39 is 0 Å². The van der Waals surface area contributed by atoms with Crippen LogP contribution in [0.1, 0.15) is 36.5 Å². The third-order valence-electron chi connectivity index (χ3n) is 3.80. The van der Waals surface area contributed by atoms with Crippen molar-refractivity contribution in [3.63, 3.8) is 0 Å². The van der Waals surface area contributed by atoms with Crippen LogP contribution >= 0.6 is 11.8 Å². The number of piperidine rings is 1. The fourth-order valence-electron chi connectivity index (χ4n) is 2.57. The van der Waals surface area contributed by atoms with Gasteiger partial charge in [-0.25, -0.2) is 0 Å². The highest BCUT2D eigenvalue weighted by Gasteiger charge is 2.28. The van der Waals surface area contributed by atoms with Crippen molar-refractivity contribution >= 4 is 11.8 Å². The van der Waals surface area contributed by atoms with E-state index in [1.807, 2.05) is 11.8 Å². The first-order valence-corrected chi connectivity index (χ1v) is 7.82. The maximum atomic E-state index is 5.47. The van der Waals surface area contributed by atoms with Crippen molar-refractivity contribution in [2.75, 3.05) is 38.2 Å². The normalized spacial score (nSPS) is 30.5. The van der Waals surface area contributed by atoms with Crippen molar-refractivity contribution in [2.45, 2.75) is 24.8 Å². The Morgan fingerprint density at radius 1 is 1.50 bits per heavy atom. The second-order valence-electron chi connectivity index (χ2n) is 5.11. The largest absolute Gasteiger partial charge is 0.339 e. The fourth-order valence-corrected chi connectivity index (χ4v) is 3.78. The monoisotopic (exact) mass is 268 g/mol. The van der Waals surface area contributed by atoms with E-state index in [-0.39, 0.29) is 0 Å². The van der Waals surface area contributed by atoms with Gasteiger partial charge in [0.15, 0.2) is 5.82 Å². The van der Waals surface area contributed by atoms with E-state index in [0.29, 0.717) is 12.0 Å². The first-order valence-electron chi connectivity index (χ1n) is 6.67. The third kappa shape index (κ3) is 2.55. The molecule has 100 valence electrons. The minimum Gasteiger partial charge on any atom is -0.339 e. The molecule has 2 aliphatic rings. The van der Waals surface area contributed by atoms with Crippen molar-refractivity contribution < 1.29 is 4.52 Å². The van der Waals surface area contributed by atoms with Gasteiger partial charge in [0.2, 0.25) is 5.89 Å². The molecule has 0 amide bonds. The summed E-state index contributed by atoms with van der Waals surface area (Å²) < 4.78 is 5.47. The quantitative estimate of drug-likeness (QED) is 0.871. The van der Waals surface area contributed by atoms with E-state index in [1.165, 1.54) is 12.2 Å². The van der Waals surface area contributed by atoms with E-state index >= 15 is 0 Å². The Morgan fingerprint density at radius 3 is 3.22 bits per heavy atom. The molecule has 0 aliphatic carbocycles. The van der Waals surface area contributed by atoms with Crippen LogP contribution in [0.2, 0.25) is 0 Å². The van der Waals surface area contributed by atoms with Gasteiger partial charge in [-0.1, -0.05) is 5.16 Å². The van der Waals surface area contributed by atoms with Crippen LogP contribution in [0.5, 0.6) is 0 Å². The van der Waals surface area contributed by atoms with Crippen molar-refractivity contribution in [3.8, 4) is 0 Å². The number of nitrogens with one attached hydrogen (secondary N) is 1. The first-order chi connectivity index (χ1) is 8.84. The van der Waals surface area contributed by atoms with Crippen LogP contribution < -0.4 is 5.32 Å². The Kier molecular flexibility index (Phi) is 3.86. The minimum absolute atomic E-state index is 0.317. The van der Waals surface area contributed by atoms with Crippen LogP contribution in [0.15, 0.2) is 4.52 Å². The van der Waals surface area contributed by atoms with Crippen molar-refractivity contribution in [2.24, 2.45) is 0 Å². The van der Waals surface area contributed by atoms with Crippen LogP contribution in [0.3, 0.4) is 0 Å². The summed E-state index contributed by atoms with van der Waals surface area (Å²) in [5, 5.41) is 7.59. The van der Waals surface area contributed by atoms with Gasteiger partial charge in [-0.3, -0.25) is 4.90 Å². The summed E-state index contributed by atoms with van der Waals surface area (Å²) in [7, 11) is 2.14. The molecule has 0 aromatic carbocycles. The molecule has 0 bridgehead atoms. The Hall–Kier alpha value is -0.590. The third-order valence-corrected chi connectivity index (χ3v) is 4.82. The lowest BCUT2D eigenvalue weighted by molar-refractivity contribution is 0.255. The molecule has 6 heteroatoms. The molecule has 2 saturated heterocycles. The molecular formula is C12H20N4OS. The van der Waals surface area contributed by atoms with E-state index in [2.05, 4.69) is 27.4 Å². The Labute approximate surface area is 112 Å². The van der Waals surface area contributed by atoms with Crippen LogP contribution in [0, 0.1) is 0 Å². The average Bonchev–Trinajstić information content (AvgIpc) is 2.90. The van der Waals surface area contributed by atoms with Gasteiger partial charge in [0.25, 0.3) is 0 Å². The van der Waals surface area contributed by atoms with Gasteiger partial charge in [0.1, 0.15) is 0 Å². The summed E-state index contributed by atoms with van der Waals surface area (Å²) in [5.74, 6) is 4.36. The second kappa shape index (κ2) is 5.59. The maximum Gasteiger partial charge on any atom is 0.231 e. The zero-order valence-corrected chi connectivity index (χ0v) is 11.6. The minimum atomic E-state index is 0.317. The van der Waals surface area contributed by atoms with E-state index in [9.17, 15) is 0 Å². The topological polar surface area (TPSA) is 54.2 Å². The molecule has 5 nitrogen and oxygen atoms in total. The molecule has 0 spiro atoms. The van der Waals surface area contributed by atoms with Gasteiger partial charge in [-0.05, 0) is 26.4 Å². The number of nitrogens with zero attached hydrogens (tertiary/aromatic N) is 3. The SMILES string of the molecule is CN1CCSCC1c1noc([C@H]2CCCNC2)n1. The van der Waals surface area contributed by atoms with Crippen molar-refractivity contribution in [1.29, 1.82) is 0 Å². The predicted molar refractivity (Wildman–Crippen MR) is 71.8 cm³/mol. The van der Waals surface area contributed by atoms with Crippen molar-refractivity contribution in [3.05, 3.63) is 11.7 Å². The summed E-state index contributed by atoms with van der Waals surface area (Å²) in [4.78, 5) is 6.96. The van der Waals surface area contributed by atoms with Gasteiger partial charge >= 0.3 is 0 Å². The summed E-state index contributed by atoms with van der Waals surface area (Å²) >= 11 is 1.97. The highest BCUT2D eigenvalue weighted by Crippen LogP contribution is 2.28. The molecular weight excluding hydrogens is 248 g/mol. The molecule has 18 heavy (non-hydrogen) atoms. The number of hydrogen-bond acceptors (Lipinski definition) is 6. The van der Waals surface area contributed by atoms with Crippen LogP contribution in [-0.4, -0.2) is 53.2 Å². The van der Waals surface area contributed by atoms with Crippen LogP contribution in [0.4, 0.5) is 0 Å². The van der Waals surface area contributed by atoms with Gasteiger partial charge < -0.3 is 9.84 Å². The molecule has 1 aromatic heterocycles. The van der Waals surface area contributed by atoms with Crippen molar-refractivity contribution in [1.82, 2.24) is 20.4 Å². The molecule has 2 atom stereocenters. The highest BCUT2D eigenvalue weighted by molar-refractivity contribution is 7.99. The lowest BCUT2D eigenvalue weighted by Gasteiger charge is -2.29. The molecule has 0 radical (unpaired) electrons. The number of aromatic nitrogens is 2. The van der Waals surface area contributed by atoms with Crippen LogP contribution in [-0.2, 0) is 0 Å². The molecule has 3 rings (SSSR count). The van der Waals surface area contributed by atoms with Gasteiger partial charge in [-0.15, -0.1) is 0 Å². The Balaban J connectivity index is 1.71. The maximum absolute atomic E-state index is 5.47. The fraction of sp³-hybridized carbons (Fsp3) is 0.833. The molecule has 2 aliphatic heterocycles. The van der Waals surface area contributed by atoms with Crippen LogP contribution in [0.25, 0.3) is 0 Å². The predicted octanol–water partition coefficient (Wildman–Crippen LogP) is 1.26. The zero-order valence-electron chi connectivity index (χ0n) is 10.8. The zero-order chi connectivity index (χ0) is 12.4. The standard InChI is InChI=1S/C12H20N4OS/c1-16-5-6-18-8-10(16)11-14-12(17-15-11)9-3-2-4-13-7-9/h9-10,13H,2-8H2,1H3/t9-,10?/m0/s1. The molecule has 1 unspecified atom stereocenters. The molecule has 3 heterocycles. The second-order valence-corrected chi connectivity index (χ2v) is 6.26. The van der Waals surface area contributed by atoms with Gasteiger partial charge in [0, 0.05) is 24.6 Å². The summed E-state index contributed by atoms with van der Waals surface area (Å²) in [6.07, 6.45) is 2.35. The van der Waals surface area contributed by atoms with E-state index in [1.54, 1.807) is 0 Å². The average molecular weight is 268 g/mol. The summed E-state index contributed by atoms with van der Waals surface area (Å²) in [5.41, 5.74) is 0. The number of hydrogen-bond donors (Lipinski definition) is 1. The number of thioether (sulfide) groups is 1. The van der Waals surface area contributed by atoms with Gasteiger partial charge in [-0.2, -0.15) is 16.7 Å². The summed E-state index contributed by atoms with van der Waals surface area (Å²) in [6, 6.07) is 0.317. The Morgan fingerprint density at radius 2 is 2.44 bits per heavy atom. The first kappa shape index (κ1) is 12.4. The molecule has 2 fully saturated rings. The smallest absolute Gasteiger partial charge is 0.231 e. The molecule has 1 aromatic rings. The Bertz CT molecular complexity index is 391. The van der Waals surface area contributed by atoms with E-state index in [0.717, 1.165) is 43.5 Å². The van der Waals surface area contributed by atoms with E-state index in [4.69, 9.17) is 4.52 Å².